The first-order chi connectivity index (χ1) is 9.39. The molecule has 2 atom stereocenters. The van der Waals surface area contributed by atoms with Gasteiger partial charge in [-0.3, -0.25) is 4.79 Å². The second-order valence-electron chi connectivity index (χ2n) is 5.81. The maximum atomic E-state index is 11.4. The lowest BCUT2D eigenvalue weighted by molar-refractivity contribution is -0.000849. The molecule has 1 aliphatic rings. The number of aliphatic hydroxyl groups is 1. The molecule has 0 radical (unpaired) electrons. The van der Waals surface area contributed by atoms with E-state index >= 15 is 0 Å². The Kier molecular flexibility index (Phi) is 4.13. The molecule has 0 aromatic carbocycles. The minimum atomic E-state index is -0.754. The first-order valence-corrected chi connectivity index (χ1v) is 6.91. The van der Waals surface area contributed by atoms with Crippen LogP contribution in [-0.2, 0) is 0 Å². The second kappa shape index (κ2) is 5.66. The van der Waals surface area contributed by atoms with Gasteiger partial charge >= 0.3 is 0 Å². The number of nitrogens with two attached hydrogens (primary N) is 2. The molecule has 2 rings (SSSR count). The molecule has 1 aromatic heterocycles. The van der Waals surface area contributed by atoms with Crippen molar-refractivity contribution in [1.29, 1.82) is 0 Å². The third-order valence-electron chi connectivity index (χ3n) is 3.83. The number of anilines is 2. The molecule has 1 aromatic rings. The van der Waals surface area contributed by atoms with Crippen LogP contribution in [0.3, 0.4) is 0 Å². The average molecular weight is 278 g/mol. The van der Waals surface area contributed by atoms with Crippen LogP contribution >= 0.6 is 0 Å². The van der Waals surface area contributed by atoms with Crippen molar-refractivity contribution in [2.45, 2.75) is 38.2 Å². The molecule has 0 bridgehead atoms. The zero-order valence-corrected chi connectivity index (χ0v) is 11.7. The predicted molar refractivity (Wildman–Crippen MR) is 78.2 cm³/mol. The normalized spacial score (nSPS) is 26.2. The zero-order valence-electron chi connectivity index (χ0n) is 11.7. The summed E-state index contributed by atoms with van der Waals surface area (Å²) in [5.41, 5.74) is 10.8. The highest BCUT2D eigenvalue weighted by molar-refractivity contribution is 5.98. The number of carbonyl (C=O) groups is 1. The molecule has 2 unspecified atom stereocenters. The van der Waals surface area contributed by atoms with E-state index in [4.69, 9.17) is 11.5 Å². The van der Waals surface area contributed by atoms with E-state index in [0.717, 1.165) is 25.7 Å². The van der Waals surface area contributed by atoms with Gasteiger partial charge in [-0.1, -0.05) is 19.8 Å². The van der Waals surface area contributed by atoms with Crippen LogP contribution in [0, 0.1) is 5.92 Å². The summed E-state index contributed by atoms with van der Waals surface area (Å²) in [4.78, 5) is 15.5. The van der Waals surface area contributed by atoms with E-state index in [9.17, 15) is 9.90 Å². The van der Waals surface area contributed by atoms with Gasteiger partial charge in [0.05, 0.1) is 23.0 Å². The SMILES string of the molecule is CC1CCCC(O)(CNc2ncc(N)cc2C(N)=O)C1. The van der Waals surface area contributed by atoms with Crippen LogP contribution in [-0.4, -0.2) is 28.1 Å². The zero-order chi connectivity index (χ0) is 14.8. The number of aromatic nitrogens is 1. The van der Waals surface area contributed by atoms with Crippen molar-refractivity contribution in [3.8, 4) is 0 Å². The number of hydrogen-bond acceptors (Lipinski definition) is 5. The molecule has 1 saturated carbocycles. The van der Waals surface area contributed by atoms with Crippen LogP contribution < -0.4 is 16.8 Å². The first-order valence-electron chi connectivity index (χ1n) is 6.91. The molecule has 1 amide bonds. The quantitative estimate of drug-likeness (QED) is 0.659. The van der Waals surface area contributed by atoms with Crippen molar-refractivity contribution in [2.75, 3.05) is 17.6 Å². The molecule has 1 heterocycles. The van der Waals surface area contributed by atoms with E-state index in [1.165, 1.54) is 12.3 Å². The monoisotopic (exact) mass is 278 g/mol. The Bertz CT molecular complexity index is 506. The Hall–Kier alpha value is -1.82. The first kappa shape index (κ1) is 14.6. The van der Waals surface area contributed by atoms with Crippen LogP contribution in [0.5, 0.6) is 0 Å². The lowest BCUT2D eigenvalue weighted by Gasteiger charge is -2.35. The predicted octanol–water partition coefficient (Wildman–Crippen LogP) is 1.12. The Morgan fingerprint density at radius 1 is 1.65 bits per heavy atom. The summed E-state index contributed by atoms with van der Waals surface area (Å²) in [5, 5.41) is 13.6. The van der Waals surface area contributed by atoms with Crippen molar-refractivity contribution in [2.24, 2.45) is 11.7 Å². The number of hydrogen-bond donors (Lipinski definition) is 4. The van der Waals surface area contributed by atoms with Crippen molar-refractivity contribution in [3.63, 3.8) is 0 Å². The van der Waals surface area contributed by atoms with Gasteiger partial charge in [0.1, 0.15) is 5.82 Å². The van der Waals surface area contributed by atoms with Gasteiger partial charge in [0.2, 0.25) is 0 Å². The lowest BCUT2D eigenvalue weighted by Crippen LogP contribution is -2.41. The second-order valence-corrected chi connectivity index (χ2v) is 5.81. The summed E-state index contributed by atoms with van der Waals surface area (Å²) in [6.07, 6.45) is 5.13. The molecular weight excluding hydrogens is 256 g/mol. The molecule has 1 aliphatic carbocycles. The third-order valence-corrected chi connectivity index (χ3v) is 3.83. The Labute approximate surface area is 118 Å². The van der Waals surface area contributed by atoms with Gasteiger partial charge < -0.3 is 21.9 Å². The van der Waals surface area contributed by atoms with Crippen LogP contribution in [0.4, 0.5) is 11.5 Å². The molecule has 0 aliphatic heterocycles. The molecule has 6 nitrogen and oxygen atoms in total. The van der Waals surface area contributed by atoms with Crippen molar-refractivity contribution in [1.82, 2.24) is 4.98 Å². The van der Waals surface area contributed by atoms with Crippen LogP contribution in [0.2, 0.25) is 0 Å². The molecule has 110 valence electrons. The molecule has 20 heavy (non-hydrogen) atoms. The van der Waals surface area contributed by atoms with Gasteiger partial charge in [0, 0.05) is 6.54 Å². The van der Waals surface area contributed by atoms with Gasteiger partial charge in [-0.2, -0.15) is 0 Å². The molecule has 6 N–H and O–H groups in total. The number of carbonyl (C=O) groups excluding carboxylic acids is 1. The number of rotatable bonds is 4. The van der Waals surface area contributed by atoms with E-state index in [0.29, 0.717) is 24.0 Å². The smallest absolute Gasteiger partial charge is 0.252 e. The highest BCUT2D eigenvalue weighted by atomic mass is 16.3. The van der Waals surface area contributed by atoms with Crippen molar-refractivity contribution < 1.29 is 9.90 Å². The topological polar surface area (TPSA) is 114 Å². The minimum Gasteiger partial charge on any atom is -0.397 e. The number of pyridine rings is 1. The van der Waals surface area contributed by atoms with E-state index < -0.39 is 11.5 Å². The number of amides is 1. The number of nitrogen functional groups attached to an aromatic ring is 1. The highest BCUT2D eigenvalue weighted by Gasteiger charge is 2.32. The van der Waals surface area contributed by atoms with Gasteiger partial charge in [-0.25, -0.2) is 4.98 Å². The number of nitrogens with one attached hydrogen (secondary N) is 1. The maximum Gasteiger partial charge on any atom is 0.252 e. The summed E-state index contributed by atoms with van der Waals surface area (Å²) in [5.74, 6) is 0.292. The minimum absolute atomic E-state index is 0.248. The summed E-state index contributed by atoms with van der Waals surface area (Å²) in [7, 11) is 0. The van der Waals surface area contributed by atoms with Crippen LogP contribution in [0.15, 0.2) is 12.3 Å². The largest absolute Gasteiger partial charge is 0.397 e. The molecule has 6 heteroatoms. The molecular formula is C14H22N4O2. The fourth-order valence-corrected chi connectivity index (χ4v) is 2.85. The number of primary amides is 1. The van der Waals surface area contributed by atoms with Gasteiger partial charge in [0.15, 0.2) is 0 Å². The molecule has 0 saturated heterocycles. The summed E-state index contributed by atoms with van der Waals surface area (Å²) in [6, 6.07) is 1.49. The van der Waals surface area contributed by atoms with Gasteiger partial charge in [-0.05, 0) is 24.8 Å². The van der Waals surface area contributed by atoms with Crippen molar-refractivity contribution >= 4 is 17.4 Å². The van der Waals surface area contributed by atoms with E-state index in [-0.39, 0.29) is 5.56 Å². The van der Waals surface area contributed by atoms with Crippen LogP contribution in [0.1, 0.15) is 43.0 Å². The Balaban J connectivity index is 2.09. The van der Waals surface area contributed by atoms with Crippen LogP contribution in [0.25, 0.3) is 0 Å². The fourth-order valence-electron chi connectivity index (χ4n) is 2.85. The lowest BCUT2D eigenvalue weighted by atomic mass is 9.79. The van der Waals surface area contributed by atoms with Crippen molar-refractivity contribution in [3.05, 3.63) is 17.8 Å². The average Bonchev–Trinajstić information content (AvgIpc) is 2.37. The summed E-state index contributed by atoms with van der Waals surface area (Å²) < 4.78 is 0. The maximum absolute atomic E-state index is 11.4. The summed E-state index contributed by atoms with van der Waals surface area (Å²) in [6.45, 7) is 2.50. The Morgan fingerprint density at radius 2 is 2.40 bits per heavy atom. The van der Waals surface area contributed by atoms with E-state index in [2.05, 4.69) is 17.2 Å². The number of nitrogens with zero attached hydrogens (tertiary/aromatic N) is 1. The Morgan fingerprint density at radius 3 is 3.05 bits per heavy atom. The van der Waals surface area contributed by atoms with Gasteiger partial charge in [0.25, 0.3) is 5.91 Å². The molecule has 1 fully saturated rings. The van der Waals surface area contributed by atoms with E-state index in [1.807, 2.05) is 0 Å². The third kappa shape index (κ3) is 3.39. The molecule has 0 spiro atoms. The fraction of sp³-hybridized carbons (Fsp3) is 0.571. The summed E-state index contributed by atoms with van der Waals surface area (Å²) >= 11 is 0. The highest BCUT2D eigenvalue weighted by Crippen LogP contribution is 2.32. The van der Waals surface area contributed by atoms with Gasteiger partial charge in [-0.15, -0.1) is 0 Å². The van der Waals surface area contributed by atoms with E-state index in [1.54, 1.807) is 0 Å². The standard InChI is InChI=1S/C14H22N4O2/c1-9-3-2-4-14(20,6-9)8-18-13-11(12(16)19)5-10(15)7-17-13/h5,7,9,20H,2-4,6,8,15H2,1H3,(H2,16,19)(H,17,18).